The van der Waals surface area contributed by atoms with E-state index in [-0.39, 0.29) is 17.7 Å². The Morgan fingerprint density at radius 3 is 2.65 bits per heavy atom. The highest BCUT2D eigenvalue weighted by Crippen LogP contribution is 2.25. The quantitative estimate of drug-likeness (QED) is 0.393. The van der Waals surface area contributed by atoms with Crippen LogP contribution in [0.25, 0.3) is 22.6 Å². The van der Waals surface area contributed by atoms with Crippen molar-refractivity contribution in [2.45, 2.75) is 13.5 Å². The molecule has 0 fully saturated rings. The Morgan fingerprint density at radius 1 is 1.27 bits per heavy atom. The summed E-state index contributed by atoms with van der Waals surface area (Å²) in [5.74, 6) is 2.69. The highest BCUT2D eigenvalue weighted by molar-refractivity contribution is 5.77. The third kappa shape index (κ3) is 2.69. The van der Waals surface area contributed by atoms with Gasteiger partial charge in [-0.3, -0.25) is 14.2 Å². The monoisotopic (exact) mass is 352 g/mol. The molecular weight excluding hydrogens is 336 g/mol. The summed E-state index contributed by atoms with van der Waals surface area (Å²) in [5.41, 5.74) is 0.119. The Hall–Kier alpha value is -3.60. The summed E-state index contributed by atoms with van der Waals surface area (Å²) in [6.45, 7) is 1.19. The standard InChI is InChI=1S/C18H16N4O4/c1-5-9-22-17(24)14-16(21(4)18(22)25)19-15(20(14)3)12-7-6-8-13(10-12)26-11(2)23/h1,6-8,10H,9H2,2-4H3. The van der Waals surface area contributed by atoms with Gasteiger partial charge in [0.15, 0.2) is 11.2 Å². The third-order valence-electron chi connectivity index (χ3n) is 3.96. The molecule has 0 spiro atoms. The summed E-state index contributed by atoms with van der Waals surface area (Å²) in [5, 5.41) is 0. The Balaban J connectivity index is 2.29. The number of ether oxygens (including phenoxy) is 1. The van der Waals surface area contributed by atoms with Gasteiger partial charge in [0, 0.05) is 26.6 Å². The predicted molar refractivity (Wildman–Crippen MR) is 95.8 cm³/mol. The van der Waals surface area contributed by atoms with E-state index in [1.54, 1.807) is 35.9 Å². The van der Waals surface area contributed by atoms with Crippen LogP contribution in [0.15, 0.2) is 33.9 Å². The number of hydrogen-bond acceptors (Lipinski definition) is 5. The van der Waals surface area contributed by atoms with Crippen molar-refractivity contribution < 1.29 is 9.53 Å². The van der Waals surface area contributed by atoms with Crippen molar-refractivity contribution in [1.82, 2.24) is 18.7 Å². The summed E-state index contributed by atoms with van der Waals surface area (Å²) >= 11 is 0. The van der Waals surface area contributed by atoms with Gasteiger partial charge in [-0.2, -0.15) is 0 Å². The first kappa shape index (κ1) is 17.2. The summed E-state index contributed by atoms with van der Waals surface area (Å²) in [6.07, 6.45) is 5.26. The minimum atomic E-state index is -0.529. The number of aromatic nitrogens is 4. The molecular formula is C18H16N4O4. The van der Waals surface area contributed by atoms with Gasteiger partial charge in [-0.25, -0.2) is 14.3 Å². The second-order valence-electron chi connectivity index (χ2n) is 5.73. The van der Waals surface area contributed by atoms with Crippen LogP contribution in [0.3, 0.4) is 0 Å². The molecule has 0 bridgehead atoms. The van der Waals surface area contributed by atoms with Crippen molar-refractivity contribution in [2.75, 3.05) is 0 Å². The number of imidazole rings is 1. The maximum absolute atomic E-state index is 12.7. The first-order valence-corrected chi connectivity index (χ1v) is 7.73. The zero-order valence-electron chi connectivity index (χ0n) is 14.5. The highest BCUT2D eigenvalue weighted by Gasteiger charge is 2.19. The largest absolute Gasteiger partial charge is 0.427 e. The molecule has 26 heavy (non-hydrogen) atoms. The molecule has 8 heteroatoms. The molecule has 0 aliphatic rings. The van der Waals surface area contributed by atoms with Crippen LogP contribution in [-0.4, -0.2) is 24.7 Å². The summed E-state index contributed by atoms with van der Waals surface area (Å²) in [7, 11) is 3.21. The fraction of sp³-hybridized carbons (Fsp3) is 0.222. The van der Waals surface area contributed by atoms with Crippen LogP contribution in [0.5, 0.6) is 5.75 Å². The Kier molecular flexibility index (Phi) is 4.22. The first-order valence-electron chi connectivity index (χ1n) is 7.73. The van der Waals surface area contributed by atoms with Crippen LogP contribution in [0.1, 0.15) is 6.92 Å². The van der Waals surface area contributed by atoms with Crippen molar-refractivity contribution in [3.05, 3.63) is 45.1 Å². The number of benzene rings is 1. The number of carbonyl (C=O) groups is 1. The van der Waals surface area contributed by atoms with Crippen LogP contribution >= 0.6 is 0 Å². The molecule has 132 valence electrons. The van der Waals surface area contributed by atoms with E-state index in [9.17, 15) is 14.4 Å². The lowest BCUT2D eigenvalue weighted by Crippen LogP contribution is -2.39. The lowest BCUT2D eigenvalue weighted by molar-refractivity contribution is -0.131. The van der Waals surface area contributed by atoms with Gasteiger partial charge in [0.2, 0.25) is 0 Å². The molecule has 0 N–H and O–H groups in total. The molecule has 0 saturated carbocycles. The van der Waals surface area contributed by atoms with Crippen molar-refractivity contribution in [3.63, 3.8) is 0 Å². The Bertz CT molecular complexity index is 1190. The number of terminal acetylenes is 1. The lowest BCUT2D eigenvalue weighted by Gasteiger charge is -2.06. The number of aryl methyl sites for hydroxylation is 2. The predicted octanol–water partition coefficient (Wildman–Crippen LogP) is 0.659. The van der Waals surface area contributed by atoms with Crippen molar-refractivity contribution in [2.24, 2.45) is 14.1 Å². The van der Waals surface area contributed by atoms with E-state index >= 15 is 0 Å². The average molecular weight is 352 g/mol. The molecule has 3 rings (SSSR count). The number of carbonyl (C=O) groups excluding carboxylic acids is 1. The van der Waals surface area contributed by atoms with Gasteiger partial charge in [-0.05, 0) is 12.1 Å². The van der Waals surface area contributed by atoms with E-state index in [1.165, 1.54) is 18.5 Å². The fourth-order valence-corrected chi connectivity index (χ4v) is 2.80. The third-order valence-corrected chi connectivity index (χ3v) is 3.96. The average Bonchev–Trinajstić information content (AvgIpc) is 2.94. The van der Waals surface area contributed by atoms with Gasteiger partial charge in [0.1, 0.15) is 11.6 Å². The SMILES string of the molecule is C#CCn1c(=O)c2c(nc(-c3cccc(OC(C)=O)c3)n2C)n(C)c1=O. The van der Waals surface area contributed by atoms with Crippen LogP contribution in [-0.2, 0) is 25.4 Å². The van der Waals surface area contributed by atoms with Crippen molar-refractivity contribution in [1.29, 1.82) is 0 Å². The topological polar surface area (TPSA) is 88.1 Å². The second-order valence-corrected chi connectivity index (χ2v) is 5.73. The first-order chi connectivity index (χ1) is 12.3. The minimum absolute atomic E-state index is 0.121. The molecule has 0 amide bonds. The van der Waals surface area contributed by atoms with E-state index in [1.807, 2.05) is 0 Å². The van der Waals surface area contributed by atoms with Crippen LogP contribution < -0.4 is 16.0 Å². The molecule has 1 aromatic carbocycles. The molecule has 2 aromatic heterocycles. The molecule has 0 atom stereocenters. The molecule has 0 radical (unpaired) electrons. The van der Waals surface area contributed by atoms with Crippen molar-refractivity contribution >= 4 is 17.1 Å². The lowest BCUT2D eigenvalue weighted by atomic mass is 10.2. The van der Waals surface area contributed by atoms with E-state index < -0.39 is 17.2 Å². The maximum Gasteiger partial charge on any atom is 0.333 e. The number of rotatable bonds is 3. The molecule has 2 heterocycles. The van der Waals surface area contributed by atoms with Crippen LogP contribution in [0, 0.1) is 12.3 Å². The molecule has 0 saturated heterocycles. The van der Waals surface area contributed by atoms with E-state index in [2.05, 4.69) is 10.9 Å². The summed E-state index contributed by atoms with van der Waals surface area (Å²) in [4.78, 5) is 40.6. The normalized spacial score (nSPS) is 10.7. The van der Waals surface area contributed by atoms with Crippen LogP contribution in [0.2, 0.25) is 0 Å². The van der Waals surface area contributed by atoms with E-state index in [0.717, 1.165) is 4.57 Å². The second kappa shape index (κ2) is 6.37. The number of fused-ring (bicyclic) bond motifs is 1. The van der Waals surface area contributed by atoms with Crippen LogP contribution in [0.4, 0.5) is 0 Å². The van der Waals surface area contributed by atoms with E-state index in [4.69, 9.17) is 11.2 Å². The van der Waals surface area contributed by atoms with Gasteiger partial charge in [0.25, 0.3) is 5.56 Å². The van der Waals surface area contributed by atoms with E-state index in [0.29, 0.717) is 17.1 Å². The molecule has 0 aliphatic heterocycles. The Morgan fingerprint density at radius 2 is 2.00 bits per heavy atom. The minimum Gasteiger partial charge on any atom is -0.427 e. The highest BCUT2D eigenvalue weighted by atomic mass is 16.5. The smallest absolute Gasteiger partial charge is 0.333 e. The number of nitrogens with zero attached hydrogens (tertiary/aromatic N) is 4. The van der Waals surface area contributed by atoms with Gasteiger partial charge in [-0.15, -0.1) is 6.42 Å². The number of esters is 1. The molecule has 0 aliphatic carbocycles. The number of hydrogen-bond donors (Lipinski definition) is 0. The van der Waals surface area contributed by atoms with Gasteiger partial charge < -0.3 is 9.30 Å². The fourth-order valence-electron chi connectivity index (χ4n) is 2.80. The zero-order valence-corrected chi connectivity index (χ0v) is 14.5. The summed E-state index contributed by atoms with van der Waals surface area (Å²) in [6, 6.07) is 6.76. The maximum atomic E-state index is 12.7. The Labute approximate surface area is 148 Å². The zero-order chi connectivity index (χ0) is 19.0. The van der Waals surface area contributed by atoms with Gasteiger partial charge in [0.05, 0.1) is 6.54 Å². The van der Waals surface area contributed by atoms with Gasteiger partial charge in [-0.1, -0.05) is 18.1 Å². The molecule has 3 aromatic rings. The molecule has 0 unspecified atom stereocenters. The summed E-state index contributed by atoms with van der Waals surface area (Å²) < 4.78 is 8.96. The van der Waals surface area contributed by atoms with Crippen molar-refractivity contribution in [3.8, 4) is 29.5 Å². The molecule has 8 nitrogen and oxygen atoms in total. The van der Waals surface area contributed by atoms with Gasteiger partial charge >= 0.3 is 11.7 Å².